The summed E-state index contributed by atoms with van der Waals surface area (Å²) in [4.78, 5) is 19.9. The Kier molecular flexibility index (Phi) is 4.17. The van der Waals surface area contributed by atoms with Crippen LogP contribution >= 0.6 is 0 Å². The van der Waals surface area contributed by atoms with Gasteiger partial charge in [-0.25, -0.2) is 4.98 Å². The van der Waals surface area contributed by atoms with Crippen LogP contribution in [0.1, 0.15) is 32.3 Å². The predicted molar refractivity (Wildman–Crippen MR) is 107 cm³/mol. The fourth-order valence-electron chi connectivity index (χ4n) is 3.80. The van der Waals surface area contributed by atoms with E-state index in [0.29, 0.717) is 23.3 Å². The lowest BCUT2D eigenvalue weighted by atomic mass is 9.88. The van der Waals surface area contributed by atoms with Gasteiger partial charge in [0.25, 0.3) is 0 Å². The molecule has 1 fully saturated rings. The van der Waals surface area contributed by atoms with Gasteiger partial charge in [0.2, 0.25) is 5.91 Å². The molecular weight excluding hydrogens is 338 g/mol. The number of amides is 1. The second-order valence-electron chi connectivity index (χ2n) is 8.13. The average molecular weight is 364 g/mol. The molecule has 1 aliphatic heterocycles. The zero-order valence-corrected chi connectivity index (χ0v) is 15.9. The molecule has 5 heteroatoms. The van der Waals surface area contributed by atoms with E-state index in [2.05, 4.69) is 42.8 Å². The third-order valence-electron chi connectivity index (χ3n) is 5.38. The van der Waals surface area contributed by atoms with Crippen LogP contribution in [0.15, 0.2) is 59.3 Å². The number of likely N-dealkylation sites (tertiary alicyclic amines) is 1. The molecule has 27 heavy (non-hydrogen) atoms. The van der Waals surface area contributed by atoms with E-state index in [1.165, 1.54) is 6.39 Å². The highest BCUT2D eigenvalue weighted by Gasteiger charge is 2.42. The van der Waals surface area contributed by atoms with Gasteiger partial charge in [0.1, 0.15) is 5.52 Å². The van der Waals surface area contributed by atoms with Crippen molar-refractivity contribution in [3.05, 3.63) is 60.5 Å². The van der Waals surface area contributed by atoms with Crippen LogP contribution in [0, 0.1) is 5.92 Å². The highest BCUT2D eigenvalue weighted by molar-refractivity contribution is 6.00. The zero-order valence-electron chi connectivity index (χ0n) is 16.9. The van der Waals surface area contributed by atoms with E-state index >= 15 is 0 Å². The number of hydrogen-bond acceptors (Lipinski definition) is 4. The molecule has 0 radical (unpaired) electrons. The Labute approximate surface area is 160 Å². The predicted octanol–water partition coefficient (Wildman–Crippen LogP) is 4.28. The van der Waals surface area contributed by atoms with Crippen molar-refractivity contribution in [2.24, 2.45) is 5.92 Å². The maximum atomic E-state index is 13.4. The number of rotatable bonds is 3. The Morgan fingerprint density at radius 2 is 1.96 bits per heavy atom. The van der Waals surface area contributed by atoms with Gasteiger partial charge < -0.3 is 9.73 Å². The Morgan fingerprint density at radius 3 is 2.70 bits per heavy atom. The minimum absolute atomic E-state index is 0.0406. The summed E-state index contributed by atoms with van der Waals surface area (Å²) in [5.41, 5.74) is 2.66. The van der Waals surface area contributed by atoms with Gasteiger partial charge in [0, 0.05) is 24.5 Å². The highest BCUT2D eigenvalue weighted by atomic mass is 16.3. The largest absolute Gasteiger partial charge is 0.443 e. The first-order valence-corrected chi connectivity index (χ1v) is 9.31. The van der Waals surface area contributed by atoms with Crippen LogP contribution in [-0.2, 0) is 4.79 Å². The van der Waals surface area contributed by atoms with Gasteiger partial charge in [0.15, 0.2) is 13.4 Å². The second-order valence-corrected chi connectivity index (χ2v) is 8.13. The molecule has 1 amide bonds. The number of oxazole rings is 1. The molecular formula is C22H25N3O2. The van der Waals surface area contributed by atoms with E-state index in [1.54, 1.807) is 18.2 Å². The van der Waals surface area contributed by atoms with Crippen LogP contribution in [-0.4, -0.2) is 34.4 Å². The zero-order chi connectivity index (χ0) is 19.9. The molecule has 5 nitrogen and oxygen atoms in total. The number of carbonyl (C=O) groups is 1. The first-order valence-electron chi connectivity index (χ1n) is 9.76. The van der Waals surface area contributed by atoms with Crippen molar-refractivity contribution in [3.63, 3.8) is 0 Å². The van der Waals surface area contributed by atoms with Crippen molar-refractivity contribution in [2.45, 2.75) is 32.2 Å². The van der Waals surface area contributed by atoms with Crippen LogP contribution in [0.2, 0.25) is 1.41 Å². The number of para-hydroxylation sites is 1. The quantitative estimate of drug-likeness (QED) is 0.754. The van der Waals surface area contributed by atoms with Crippen molar-refractivity contribution < 1.29 is 10.6 Å². The fourth-order valence-corrected chi connectivity index (χ4v) is 3.80. The SMILES string of the molecule is [2H]N(C(=O)[C@@H]1CN(C(C)(C)C)C[C@H]1c1ccccc1)c1cccc2ocnc12. The molecule has 0 saturated carbocycles. The monoisotopic (exact) mass is 364 g/mol. The Bertz CT molecular complexity index is 980. The van der Waals surface area contributed by atoms with E-state index in [9.17, 15) is 4.79 Å². The van der Waals surface area contributed by atoms with Crippen molar-refractivity contribution in [3.8, 4) is 0 Å². The molecule has 1 aromatic heterocycles. The molecule has 2 atom stereocenters. The van der Waals surface area contributed by atoms with E-state index < -0.39 is 0 Å². The molecule has 140 valence electrons. The number of nitrogens with zero attached hydrogens (tertiary/aromatic N) is 2. The molecule has 2 aromatic carbocycles. The fraction of sp³-hybridized carbons (Fsp3) is 0.364. The van der Waals surface area contributed by atoms with Gasteiger partial charge in [-0.2, -0.15) is 0 Å². The first kappa shape index (κ1) is 16.5. The van der Waals surface area contributed by atoms with E-state index in [1.807, 2.05) is 18.2 Å². The molecule has 1 saturated heterocycles. The summed E-state index contributed by atoms with van der Waals surface area (Å²) < 4.78 is 13.9. The third kappa shape index (κ3) is 3.47. The Hall–Kier alpha value is -2.66. The number of fused-ring (bicyclic) bond motifs is 1. The van der Waals surface area contributed by atoms with Gasteiger partial charge in [-0.1, -0.05) is 36.4 Å². The van der Waals surface area contributed by atoms with E-state index in [-0.39, 0.29) is 23.3 Å². The maximum absolute atomic E-state index is 13.4. The van der Waals surface area contributed by atoms with E-state index in [0.717, 1.165) is 17.4 Å². The van der Waals surface area contributed by atoms with E-state index in [4.69, 9.17) is 5.83 Å². The van der Waals surface area contributed by atoms with Crippen LogP contribution in [0.5, 0.6) is 0 Å². The molecule has 4 rings (SSSR count). The van der Waals surface area contributed by atoms with Gasteiger partial charge >= 0.3 is 0 Å². The summed E-state index contributed by atoms with van der Waals surface area (Å²) in [6.45, 7) is 7.92. The summed E-state index contributed by atoms with van der Waals surface area (Å²) in [5.74, 6) is -0.449. The van der Waals surface area contributed by atoms with Crippen molar-refractivity contribution in [1.82, 2.24) is 9.88 Å². The highest BCUT2D eigenvalue weighted by Crippen LogP contribution is 2.37. The van der Waals surface area contributed by atoms with Crippen LogP contribution in [0.3, 0.4) is 0 Å². The van der Waals surface area contributed by atoms with Gasteiger partial charge in [-0.3, -0.25) is 9.69 Å². The first-order chi connectivity index (χ1) is 13.4. The Balaban J connectivity index is 1.68. The second kappa shape index (κ2) is 6.82. The van der Waals surface area contributed by atoms with Gasteiger partial charge in [-0.05, 0) is 38.5 Å². The number of carbonyl (C=O) groups excluding carboxylic acids is 1. The Morgan fingerprint density at radius 1 is 1.19 bits per heavy atom. The molecule has 0 spiro atoms. The molecule has 1 N–H and O–H groups in total. The number of nitrogens with one attached hydrogen (secondary N) is 1. The van der Waals surface area contributed by atoms with Gasteiger partial charge in [0.05, 0.1) is 11.6 Å². The molecule has 0 aliphatic carbocycles. The number of aromatic nitrogens is 1. The smallest absolute Gasteiger partial charge is 0.229 e. The summed E-state index contributed by atoms with van der Waals surface area (Å²) in [7, 11) is 0. The molecule has 0 bridgehead atoms. The minimum Gasteiger partial charge on any atom is -0.443 e. The molecule has 2 heterocycles. The minimum atomic E-state index is -0.290. The van der Waals surface area contributed by atoms with Crippen LogP contribution in [0.25, 0.3) is 11.1 Å². The summed E-state index contributed by atoms with van der Waals surface area (Å²) in [6.07, 6.45) is 1.34. The van der Waals surface area contributed by atoms with Crippen molar-refractivity contribution in [2.75, 3.05) is 18.4 Å². The normalized spacial score (nSPS) is 21.4. The van der Waals surface area contributed by atoms with Crippen LogP contribution < -0.4 is 5.31 Å². The topological polar surface area (TPSA) is 58.4 Å². The number of hydrogen-bond donors (Lipinski definition) is 1. The standard InChI is InChI=1S/C22H25N3O2/c1-22(2,3)25-12-16(15-8-5-4-6-9-15)17(13-25)21(26)24-18-10-7-11-19-20(18)23-14-27-19/h4-11,14,16-17H,12-13H2,1-3H3,(H,24,26)/t16-,17+/m0/s1/i/hD. The average Bonchev–Trinajstić information content (AvgIpc) is 3.34. The number of anilines is 1. The lowest BCUT2D eigenvalue weighted by Crippen LogP contribution is -2.40. The summed E-state index contributed by atoms with van der Waals surface area (Å²) >= 11 is 0. The molecule has 3 aromatic rings. The van der Waals surface area contributed by atoms with Crippen molar-refractivity contribution >= 4 is 22.7 Å². The maximum Gasteiger partial charge on any atom is 0.229 e. The summed E-state index contributed by atoms with van der Waals surface area (Å²) in [6, 6.07) is 15.4. The lowest BCUT2D eigenvalue weighted by Gasteiger charge is -2.31. The van der Waals surface area contributed by atoms with Crippen LogP contribution in [0.4, 0.5) is 5.69 Å². The third-order valence-corrected chi connectivity index (χ3v) is 5.38. The number of benzene rings is 2. The van der Waals surface area contributed by atoms with Gasteiger partial charge in [-0.15, -0.1) is 0 Å². The molecule has 1 aliphatic rings. The summed E-state index contributed by atoms with van der Waals surface area (Å²) in [5, 5.41) is 0.998. The lowest BCUT2D eigenvalue weighted by molar-refractivity contribution is -0.120. The molecule has 0 unspecified atom stereocenters. The van der Waals surface area contributed by atoms with Crippen molar-refractivity contribution in [1.29, 1.82) is 0 Å².